The van der Waals surface area contributed by atoms with Gasteiger partial charge in [0.2, 0.25) is 0 Å². The van der Waals surface area contributed by atoms with Crippen molar-refractivity contribution in [2.24, 2.45) is 0 Å². The van der Waals surface area contributed by atoms with Gasteiger partial charge in [-0.25, -0.2) is 9.29 Å². The Morgan fingerprint density at radius 3 is 2.32 bits per heavy atom. The second kappa shape index (κ2) is 6.10. The van der Waals surface area contributed by atoms with Crippen LogP contribution in [0.5, 0.6) is 5.75 Å². The second-order valence-corrected chi connectivity index (χ2v) is 5.68. The van der Waals surface area contributed by atoms with Crippen LogP contribution >= 0.6 is 23.2 Å². The number of rotatable bonds is 4. The molecule has 1 aromatic rings. The summed E-state index contributed by atoms with van der Waals surface area (Å²) in [7, 11) is 0. The maximum atomic E-state index is 14.1. The molecule has 1 aliphatic heterocycles. The van der Waals surface area contributed by atoms with Crippen molar-refractivity contribution in [2.75, 3.05) is 11.5 Å². The third-order valence-corrected chi connectivity index (χ3v) is 3.64. The van der Waals surface area contributed by atoms with Crippen molar-refractivity contribution in [3.63, 3.8) is 0 Å². The molecule has 0 spiro atoms. The molecule has 2 amide bonds. The number of imide groups is 1. The predicted molar refractivity (Wildman–Crippen MR) is 82.8 cm³/mol. The third-order valence-electron chi connectivity index (χ3n) is 3.24. The summed E-state index contributed by atoms with van der Waals surface area (Å²) < 4.78 is 19.4. The van der Waals surface area contributed by atoms with E-state index in [0.29, 0.717) is 0 Å². The molecule has 0 aromatic heterocycles. The summed E-state index contributed by atoms with van der Waals surface area (Å²) in [5.41, 5.74) is 0.331. The van der Waals surface area contributed by atoms with Crippen LogP contribution in [-0.2, 0) is 9.59 Å². The number of carbonyl (C=O) groups excluding carboxylic acids is 2. The minimum atomic E-state index is -0.800. The average Bonchev–Trinajstić information content (AvgIpc) is 2.63. The zero-order chi connectivity index (χ0) is 16.6. The normalized spacial score (nSPS) is 14.9. The molecule has 4 nitrogen and oxygen atoms in total. The molecule has 2 rings (SSSR count). The van der Waals surface area contributed by atoms with E-state index in [1.54, 1.807) is 0 Å². The van der Waals surface area contributed by atoms with E-state index < -0.39 is 17.6 Å². The van der Waals surface area contributed by atoms with Crippen molar-refractivity contribution in [3.05, 3.63) is 45.7 Å². The van der Waals surface area contributed by atoms with Gasteiger partial charge in [-0.05, 0) is 19.9 Å². The average molecular weight is 344 g/mol. The van der Waals surface area contributed by atoms with Gasteiger partial charge < -0.3 is 4.74 Å². The first-order valence-electron chi connectivity index (χ1n) is 6.25. The van der Waals surface area contributed by atoms with Crippen LogP contribution in [0, 0.1) is 5.82 Å². The zero-order valence-electron chi connectivity index (χ0n) is 11.9. The Hall–Kier alpha value is -1.85. The lowest BCUT2D eigenvalue weighted by Gasteiger charge is -2.18. The van der Waals surface area contributed by atoms with E-state index >= 15 is 0 Å². The smallest absolute Gasteiger partial charge is 0.261 e. The van der Waals surface area contributed by atoms with E-state index in [1.165, 1.54) is 19.9 Å². The number of halogens is 3. The highest BCUT2D eigenvalue weighted by Gasteiger charge is 2.36. The molecule has 0 aliphatic carbocycles. The number of hydrogen-bond acceptors (Lipinski definition) is 3. The highest BCUT2D eigenvalue weighted by atomic mass is 35.5. The van der Waals surface area contributed by atoms with Gasteiger partial charge in [0, 0.05) is 22.2 Å². The van der Waals surface area contributed by atoms with Crippen LogP contribution in [0.25, 0.3) is 0 Å². The molecule has 0 saturated heterocycles. The summed E-state index contributed by atoms with van der Waals surface area (Å²) in [5, 5.41) is 0.225. The van der Waals surface area contributed by atoms with Crippen LogP contribution < -0.4 is 9.64 Å². The Balaban J connectivity index is 2.44. The Morgan fingerprint density at radius 1 is 1.27 bits per heavy atom. The molecule has 0 unspecified atom stereocenters. The fourth-order valence-corrected chi connectivity index (χ4v) is 2.18. The summed E-state index contributed by atoms with van der Waals surface area (Å²) in [6, 6.07) is 2.17. The number of amides is 2. The lowest BCUT2D eigenvalue weighted by atomic mass is 10.2. The van der Waals surface area contributed by atoms with Gasteiger partial charge in [0.25, 0.3) is 11.8 Å². The van der Waals surface area contributed by atoms with Crippen LogP contribution in [0.3, 0.4) is 0 Å². The molecule has 0 N–H and O–H groups in total. The van der Waals surface area contributed by atoms with E-state index in [4.69, 9.17) is 27.9 Å². The molecular formula is C15H12Cl2FNO3. The Kier molecular flexibility index (Phi) is 4.58. The summed E-state index contributed by atoms with van der Waals surface area (Å²) in [6.07, 6.45) is 0. The molecule has 0 radical (unpaired) electrons. The van der Waals surface area contributed by atoms with E-state index in [9.17, 15) is 14.0 Å². The van der Waals surface area contributed by atoms with Crippen molar-refractivity contribution in [3.8, 4) is 5.75 Å². The number of carbonyl (C=O) groups is 2. The third kappa shape index (κ3) is 2.87. The van der Waals surface area contributed by atoms with E-state index in [1.807, 2.05) is 0 Å². The Labute approximate surface area is 136 Å². The second-order valence-electron chi connectivity index (χ2n) is 4.74. The molecule has 0 atom stereocenters. The van der Waals surface area contributed by atoms with Gasteiger partial charge in [0.15, 0.2) is 0 Å². The minimum absolute atomic E-state index is 0.000311. The summed E-state index contributed by atoms with van der Waals surface area (Å²) in [6.45, 7) is 6.45. The number of anilines is 1. The van der Waals surface area contributed by atoms with Crippen LogP contribution in [-0.4, -0.2) is 18.4 Å². The Morgan fingerprint density at radius 2 is 1.82 bits per heavy atom. The number of benzene rings is 1. The minimum Gasteiger partial charge on any atom is -0.486 e. The molecule has 0 saturated carbocycles. The molecular weight excluding hydrogens is 332 g/mol. The lowest BCUT2D eigenvalue weighted by Crippen LogP contribution is -2.32. The topological polar surface area (TPSA) is 46.6 Å². The molecule has 22 heavy (non-hydrogen) atoms. The summed E-state index contributed by atoms with van der Waals surface area (Å²) in [4.78, 5) is 25.0. The maximum absolute atomic E-state index is 14.1. The fraction of sp³-hybridized carbons (Fsp3) is 0.200. The highest BCUT2D eigenvalue weighted by molar-refractivity contribution is 6.34. The van der Waals surface area contributed by atoms with Crippen molar-refractivity contribution < 1.29 is 18.7 Å². The monoisotopic (exact) mass is 343 g/mol. The van der Waals surface area contributed by atoms with Gasteiger partial charge in [-0.2, -0.15) is 0 Å². The predicted octanol–water partition coefficient (Wildman–Crippen LogP) is 3.82. The van der Waals surface area contributed by atoms with E-state index in [2.05, 4.69) is 6.58 Å². The van der Waals surface area contributed by atoms with Crippen LogP contribution in [0.1, 0.15) is 13.8 Å². The molecule has 1 aromatic carbocycles. The number of ether oxygens (including phenoxy) is 1. The lowest BCUT2D eigenvalue weighted by molar-refractivity contribution is -0.120. The zero-order valence-corrected chi connectivity index (χ0v) is 13.4. The first-order chi connectivity index (χ1) is 10.2. The Bertz CT molecular complexity index is 704. The van der Waals surface area contributed by atoms with Crippen molar-refractivity contribution in [1.29, 1.82) is 0 Å². The van der Waals surface area contributed by atoms with Crippen LogP contribution in [0.4, 0.5) is 10.1 Å². The summed E-state index contributed by atoms with van der Waals surface area (Å²) in [5.74, 6) is -1.85. The van der Waals surface area contributed by atoms with E-state index in [0.717, 1.165) is 11.0 Å². The molecule has 1 heterocycles. The van der Waals surface area contributed by atoms with Gasteiger partial charge in [0.05, 0.1) is 10.7 Å². The first-order valence-corrected chi connectivity index (χ1v) is 7.01. The maximum Gasteiger partial charge on any atom is 0.261 e. The quantitative estimate of drug-likeness (QED) is 0.780. The number of nitrogens with zero attached hydrogens (tertiary/aromatic N) is 1. The fourth-order valence-electron chi connectivity index (χ4n) is 1.92. The molecule has 1 aliphatic rings. The largest absolute Gasteiger partial charge is 0.486 e. The van der Waals surface area contributed by atoms with Crippen molar-refractivity contribution in [2.45, 2.75) is 13.8 Å². The van der Waals surface area contributed by atoms with Gasteiger partial charge in [-0.1, -0.05) is 29.8 Å². The first kappa shape index (κ1) is 16.5. The standard InChI is InChI=1S/C15H12Cl2FNO3/c1-7(16)6-22-13-5-12(11(18)4-10(13)17)19-14(20)8(2)9(3)15(19)21/h4-5H,1,6H2,2-3H3. The van der Waals surface area contributed by atoms with Crippen LogP contribution in [0.15, 0.2) is 34.9 Å². The van der Waals surface area contributed by atoms with E-state index in [-0.39, 0.29) is 39.2 Å². The molecule has 116 valence electrons. The SMILES string of the molecule is C=C(Cl)COc1cc(N2C(=O)C(C)=C(C)C2=O)c(F)cc1Cl. The molecule has 7 heteroatoms. The molecule has 0 fully saturated rings. The number of hydrogen-bond donors (Lipinski definition) is 0. The highest BCUT2D eigenvalue weighted by Crippen LogP contribution is 2.36. The van der Waals surface area contributed by atoms with Gasteiger partial charge >= 0.3 is 0 Å². The van der Waals surface area contributed by atoms with Crippen molar-refractivity contribution in [1.82, 2.24) is 0 Å². The van der Waals surface area contributed by atoms with Gasteiger partial charge in [-0.15, -0.1) is 0 Å². The molecule has 0 bridgehead atoms. The van der Waals surface area contributed by atoms with Gasteiger partial charge in [-0.3, -0.25) is 9.59 Å². The van der Waals surface area contributed by atoms with Gasteiger partial charge in [0.1, 0.15) is 18.2 Å². The summed E-state index contributed by atoms with van der Waals surface area (Å²) >= 11 is 11.5. The van der Waals surface area contributed by atoms with Crippen molar-refractivity contribution >= 4 is 40.7 Å². The van der Waals surface area contributed by atoms with Crippen LogP contribution in [0.2, 0.25) is 5.02 Å².